The standard InChI is InChI=1S/C24H28O3/c1-15-12-19-20(24(4,5)11-10-23(19,2)3)14-17(15)18-13-16(6-8-21(18)25)7-9-22(26)27/h6-9,12-14,25H,10-11H2,1-5H3,(H,26,27)/b9-7-. The maximum absolute atomic E-state index is 10.8. The fourth-order valence-electron chi connectivity index (χ4n) is 4.05. The van der Waals surface area contributed by atoms with Crippen molar-refractivity contribution in [2.45, 2.75) is 58.3 Å². The number of hydrogen-bond donors (Lipinski definition) is 2. The lowest BCUT2D eigenvalue weighted by Crippen LogP contribution is -2.34. The number of benzene rings is 2. The van der Waals surface area contributed by atoms with Gasteiger partial charge < -0.3 is 10.2 Å². The van der Waals surface area contributed by atoms with E-state index in [0.29, 0.717) is 0 Å². The first-order valence-electron chi connectivity index (χ1n) is 9.41. The van der Waals surface area contributed by atoms with Crippen molar-refractivity contribution < 1.29 is 15.0 Å². The van der Waals surface area contributed by atoms with E-state index in [2.05, 4.69) is 46.8 Å². The zero-order valence-electron chi connectivity index (χ0n) is 16.8. The largest absolute Gasteiger partial charge is 0.507 e. The highest BCUT2D eigenvalue weighted by atomic mass is 16.4. The van der Waals surface area contributed by atoms with Crippen LogP contribution in [-0.2, 0) is 15.6 Å². The van der Waals surface area contributed by atoms with Crippen LogP contribution in [-0.4, -0.2) is 16.2 Å². The number of aliphatic carboxylic acids is 1. The molecule has 2 N–H and O–H groups in total. The van der Waals surface area contributed by atoms with E-state index in [-0.39, 0.29) is 16.6 Å². The molecule has 0 saturated heterocycles. The van der Waals surface area contributed by atoms with Gasteiger partial charge in [0, 0.05) is 11.6 Å². The number of carboxylic acid groups (broad SMARTS) is 1. The third-order valence-corrected chi connectivity index (χ3v) is 5.93. The van der Waals surface area contributed by atoms with Crippen molar-refractivity contribution in [1.82, 2.24) is 0 Å². The number of phenolic OH excluding ortho intramolecular Hbond substituents is 1. The molecule has 2 aromatic carbocycles. The molecule has 0 fully saturated rings. The van der Waals surface area contributed by atoms with Gasteiger partial charge in [0.25, 0.3) is 0 Å². The molecular formula is C24H28O3. The van der Waals surface area contributed by atoms with Gasteiger partial charge in [-0.2, -0.15) is 0 Å². The Morgan fingerprint density at radius 2 is 1.56 bits per heavy atom. The summed E-state index contributed by atoms with van der Waals surface area (Å²) in [5.41, 5.74) is 6.57. The number of aromatic hydroxyl groups is 1. The molecule has 0 bridgehead atoms. The lowest BCUT2D eigenvalue weighted by atomic mass is 9.62. The number of aryl methyl sites for hydroxylation is 1. The molecule has 2 aromatic rings. The molecule has 0 spiro atoms. The van der Waals surface area contributed by atoms with Crippen molar-refractivity contribution in [2.24, 2.45) is 0 Å². The van der Waals surface area contributed by atoms with Gasteiger partial charge in [0.15, 0.2) is 0 Å². The van der Waals surface area contributed by atoms with Gasteiger partial charge in [-0.05, 0) is 82.7 Å². The van der Waals surface area contributed by atoms with Gasteiger partial charge in [-0.15, -0.1) is 0 Å². The molecule has 1 aliphatic rings. The van der Waals surface area contributed by atoms with E-state index in [1.807, 2.05) is 6.07 Å². The first-order valence-corrected chi connectivity index (χ1v) is 9.41. The summed E-state index contributed by atoms with van der Waals surface area (Å²) >= 11 is 0. The lowest BCUT2D eigenvalue weighted by Gasteiger charge is -2.42. The molecular weight excluding hydrogens is 336 g/mol. The van der Waals surface area contributed by atoms with Crippen LogP contribution in [0.4, 0.5) is 0 Å². The van der Waals surface area contributed by atoms with Gasteiger partial charge in [-0.1, -0.05) is 39.8 Å². The summed E-state index contributed by atoms with van der Waals surface area (Å²) in [7, 11) is 0. The quantitative estimate of drug-likeness (QED) is 0.675. The van der Waals surface area contributed by atoms with Crippen LogP contribution < -0.4 is 0 Å². The first kappa shape index (κ1) is 19.2. The van der Waals surface area contributed by atoms with Gasteiger partial charge in [0.2, 0.25) is 0 Å². The third-order valence-electron chi connectivity index (χ3n) is 5.93. The molecule has 3 heteroatoms. The topological polar surface area (TPSA) is 57.5 Å². The van der Waals surface area contributed by atoms with Gasteiger partial charge in [0.1, 0.15) is 5.75 Å². The van der Waals surface area contributed by atoms with Crippen LogP contribution in [0.25, 0.3) is 17.2 Å². The maximum Gasteiger partial charge on any atom is 0.328 e. The highest BCUT2D eigenvalue weighted by molar-refractivity contribution is 5.86. The summed E-state index contributed by atoms with van der Waals surface area (Å²) in [6.45, 7) is 11.2. The number of hydrogen-bond acceptors (Lipinski definition) is 2. The van der Waals surface area contributed by atoms with Crippen molar-refractivity contribution in [1.29, 1.82) is 0 Å². The Bertz CT molecular complexity index is 933. The summed E-state index contributed by atoms with van der Waals surface area (Å²) in [6, 6.07) is 9.70. The van der Waals surface area contributed by atoms with Crippen LogP contribution in [0.2, 0.25) is 0 Å². The number of phenols is 1. The van der Waals surface area contributed by atoms with Gasteiger partial charge in [0.05, 0.1) is 0 Å². The fourth-order valence-corrected chi connectivity index (χ4v) is 4.05. The number of carbonyl (C=O) groups is 1. The molecule has 0 amide bonds. The monoisotopic (exact) mass is 364 g/mol. The summed E-state index contributed by atoms with van der Waals surface area (Å²) in [5.74, 6) is -0.781. The molecule has 0 aliphatic heterocycles. The molecule has 0 atom stereocenters. The van der Waals surface area contributed by atoms with Crippen LogP contribution >= 0.6 is 0 Å². The molecule has 0 radical (unpaired) electrons. The van der Waals surface area contributed by atoms with Gasteiger partial charge >= 0.3 is 5.97 Å². The third kappa shape index (κ3) is 3.64. The van der Waals surface area contributed by atoms with Crippen LogP contribution in [0.1, 0.15) is 62.8 Å². The van der Waals surface area contributed by atoms with E-state index in [4.69, 9.17) is 5.11 Å². The van der Waals surface area contributed by atoms with Gasteiger partial charge in [-0.3, -0.25) is 0 Å². The molecule has 27 heavy (non-hydrogen) atoms. The second kappa shape index (κ2) is 6.56. The molecule has 0 aromatic heterocycles. The Balaban J connectivity index is 2.19. The summed E-state index contributed by atoms with van der Waals surface area (Å²) in [5, 5.41) is 19.3. The molecule has 3 nitrogen and oxygen atoms in total. The van der Waals surface area contributed by atoms with E-state index >= 15 is 0 Å². The van der Waals surface area contributed by atoms with E-state index < -0.39 is 5.97 Å². The zero-order valence-corrected chi connectivity index (χ0v) is 16.8. The maximum atomic E-state index is 10.8. The van der Waals surface area contributed by atoms with Crippen molar-refractivity contribution >= 4 is 12.0 Å². The predicted molar refractivity (Wildman–Crippen MR) is 110 cm³/mol. The van der Waals surface area contributed by atoms with Crippen molar-refractivity contribution in [3.63, 3.8) is 0 Å². The lowest BCUT2D eigenvalue weighted by molar-refractivity contribution is -0.131. The molecule has 3 rings (SSSR count). The summed E-state index contributed by atoms with van der Waals surface area (Å²) in [6.07, 6.45) is 4.95. The molecule has 0 saturated carbocycles. The molecule has 142 valence electrons. The number of carboxylic acids is 1. The average Bonchev–Trinajstić information content (AvgIpc) is 2.58. The van der Waals surface area contributed by atoms with Crippen molar-refractivity contribution in [2.75, 3.05) is 0 Å². The van der Waals surface area contributed by atoms with Crippen LogP contribution in [0.15, 0.2) is 36.4 Å². The Morgan fingerprint density at radius 1 is 0.963 bits per heavy atom. The molecule has 0 unspecified atom stereocenters. The van der Waals surface area contributed by atoms with Crippen LogP contribution in [0.5, 0.6) is 5.75 Å². The predicted octanol–water partition coefficient (Wildman–Crippen LogP) is 5.81. The van der Waals surface area contributed by atoms with Crippen molar-refractivity contribution in [3.8, 4) is 16.9 Å². The van der Waals surface area contributed by atoms with E-state index in [1.165, 1.54) is 11.1 Å². The number of fused-ring (bicyclic) bond motifs is 1. The Morgan fingerprint density at radius 3 is 2.15 bits per heavy atom. The highest BCUT2D eigenvalue weighted by Crippen LogP contribution is 2.48. The highest BCUT2D eigenvalue weighted by Gasteiger charge is 2.37. The molecule has 0 heterocycles. The second-order valence-corrected chi connectivity index (χ2v) is 8.93. The summed E-state index contributed by atoms with van der Waals surface area (Å²) in [4.78, 5) is 10.8. The SMILES string of the molecule is Cc1cc2c(cc1-c1cc(/C=C\C(=O)O)ccc1O)C(C)(C)CCC2(C)C. The Labute approximate surface area is 161 Å². The average molecular weight is 364 g/mol. The van der Waals surface area contributed by atoms with Crippen LogP contribution in [0, 0.1) is 6.92 Å². The Kier molecular flexibility index (Phi) is 4.67. The number of rotatable bonds is 3. The smallest absolute Gasteiger partial charge is 0.328 e. The minimum atomic E-state index is -0.987. The van der Waals surface area contributed by atoms with E-state index in [0.717, 1.165) is 41.2 Å². The second-order valence-electron chi connectivity index (χ2n) is 8.93. The Hall–Kier alpha value is -2.55. The van der Waals surface area contributed by atoms with Crippen LogP contribution in [0.3, 0.4) is 0 Å². The van der Waals surface area contributed by atoms with Gasteiger partial charge in [-0.25, -0.2) is 4.79 Å². The van der Waals surface area contributed by atoms with E-state index in [9.17, 15) is 9.90 Å². The van der Waals surface area contributed by atoms with E-state index in [1.54, 1.807) is 18.2 Å². The van der Waals surface area contributed by atoms with Crippen molar-refractivity contribution in [3.05, 3.63) is 58.7 Å². The zero-order chi connectivity index (χ0) is 20.0. The normalized spacial score (nSPS) is 17.7. The minimum Gasteiger partial charge on any atom is -0.507 e. The fraction of sp³-hybridized carbons (Fsp3) is 0.375. The first-order chi connectivity index (χ1) is 12.5. The molecule has 1 aliphatic carbocycles. The minimum absolute atomic E-state index is 0.0870. The summed E-state index contributed by atoms with van der Waals surface area (Å²) < 4.78 is 0.